The fourth-order valence-electron chi connectivity index (χ4n) is 3.02. The molecule has 3 rings (SSSR count). The van der Waals surface area contributed by atoms with E-state index in [0.29, 0.717) is 0 Å². The summed E-state index contributed by atoms with van der Waals surface area (Å²) in [5.41, 5.74) is 7.06. The molecule has 3 heteroatoms. The molecule has 1 fully saturated rings. The van der Waals surface area contributed by atoms with E-state index in [2.05, 4.69) is 52.3 Å². The molecule has 2 N–H and O–H groups in total. The summed E-state index contributed by atoms with van der Waals surface area (Å²) in [6.45, 7) is 7.42. The number of nitrogens with two attached hydrogens (primary N) is 1. The maximum Gasteiger partial charge on any atom is 0.0240 e. The lowest BCUT2D eigenvalue weighted by Crippen LogP contribution is -2.47. The third-order valence-electron chi connectivity index (χ3n) is 4.18. The maximum atomic E-state index is 5.62. The standard InChI is InChI=1S/C17H23N3/c18-8-9-19-10-12-20(13-11-19)14-16-6-3-5-15-4-1-2-7-17(15)16/h1-7H,8-14,18H2. The van der Waals surface area contributed by atoms with Crippen molar-refractivity contribution < 1.29 is 0 Å². The minimum absolute atomic E-state index is 0.767. The lowest BCUT2D eigenvalue weighted by Gasteiger charge is -2.34. The van der Waals surface area contributed by atoms with Gasteiger partial charge < -0.3 is 5.73 Å². The van der Waals surface area contributed by atoms with Crippen LogP contribution in [-0.4, -0.2) is 49.1 Å². The molecule has 2 aromatic carbocycles. The summed E-state index contributed by atoms with van der Waals surface area (Å²) in [4.78, 5) is 5.01. The van der Waals surface area contributed by atoms with Crippen LogP contribution in [0, 0.1) is 0 Å². The van der Waals surface area contributed by atoms with Crippen molar-refractivity contribution in [3.05, 3.63) is 48.0 Å². The summed E-state index contributed by atoms with van der Waals surface area (Å²) in [6.07, 6.45) is 0. The van der Waals surface area contributed by atoms with E-state index in [9.17, 15) is 0 Å². The van der Waals surface area contributed by atoms with Gasteiger partial charge in [0.15, 0.2) is 0 Å². The summed E-state index contributed by atoms with van der Waals surface area (Å²) in [5.74, 6) is 0. The molecule has 2 aromatic rings. The minimum atomic E-state index is 0.767. The Labute approximate surface area is 121 Å². The number of hydrogen-bond donors (Lipinski definition) is 1. The molecule has 0 bridgehead atoms. The predicted molar refractivity (Wildman–Crippen MR) is 84.7 cm³/mol. The van der Waals surface area contributed by atoms with Crippen molar-refractivity contribution in [3.63, 3.8) is 0 Å². The second kappa shape index (κ2) is 6.35. The van der Waals surface area contributed by atoms with Gasteiger partial charge in [-0.15, -0.1) is 0 Å². The first kappa shape index (κ1) is 13.6. The maximum absolute atomic E-state index is 5.62. The van der Waals surface area contributed by atoms with Crippen LogP contribution < -0.4 is 5.73 Å². The number of benzene rings is 2. The van der Waals surface area contributed by atoms with E-state index < -0.39 is 0 Å². The topological polar surface area (TPSA) is 32.5 Å². The lowest BCUT2D eigenvalue weighted by atomic mass is 10.0. The third-order valence-corrected chi connectivity index (χ3v) is 4.18. The molecule has 1 aliphatic heterocycles. The Morgan fingerprint density at radius 1 is 0.850 bits per heavy atom. The molecule has 0 aromatic heterocycles. The summed E-state index contributed by atoms with van der Waals surface area (Å²) >= 11 is 0. The van der Waals surface area contributed by atoms with Crippen LogP contribution in [0.3, 0.4) is 0 Å². The van der Waals surface area contributed by atoms with Crippen LogP contribution in [0.4, 0.5) is 0 Å². The Morgan fingerprint density at radius 3 is 2.35 bits per heavy atom. The van der Waals surface area contributed by atoms with Crippen LogP contribution in [0.5, 0.6) is 0 Å². The van der Waals surface area contributed by atoms with Gasteiger partial charge in [0.1, 0.15) is 0 Å². The number of nitrogens with zero attached hydrogens (tertiary/aromatic N) is 2. The second-order valence-electron chi connectivity index (χ2n) is 5.54. The van der Waals surface area contributed by atoms with Gasteiger partial charge in [0, 0.05) is 45.8 Å². The molecule has 20 heavy (non-hydrogen) atoms. The Bertz CT molecular complexity index is 554. The summed E-state index contributed by atoms with van der Waals surface area (Å²) in [5, 5.41) is 2.73. The van der Waals surface area contributed by atoms with Crippen LogP contribution in [0.1, 0.15) is 5.56 Å². The fraction of sp³-hybridized carbons (Fsp3) is 0.412. The Hall–Kier alpha value is -1.42. The quantitative estimate of drug-likeness (QED) is 0.920. The van der Waals surface area contributed by atoms with Crippen molar-refractivity contribution in [3.8, 4) is 0 Å². The zero-order valence-corrected chi connectivity index (χ0v) is 12.0. The van der Waals surface area contributed by atoms with Gasteiger partial charge in [-0.2, -0.15) is 0 Å². The van der Waals surface area contributed by atoms with Crippen molar-refractivity contribution in [1.29, 1.82) is 0 Å². The minimum Gasteiger partial charge on any atom is -0.329 e. The first-order valence-corrected chi connectivity index (χ1v) is 7.48. The molecule has 1 aliphatic rings. The zero-order valence-electron chi connectivity index (χ0n) is 12.0. The lowest BCUT2D eigenvalue weighted by molar-refractivity contribution is 0.130. The molecule has 0 amide bonds. The molecular weight excluding hydrogens is 246 g/mol. The van der Waals surface area contributed by atoms with E-state index in [1.807, 2.05) is 0 Å². The number of fused-ring (bicyclic) bond motifs is 1. The molecule has 3 nitrogen and oxygen atoms in total. The Balaban J connectivity index is 1.68. The van der Waals surface area contributed by atoms with Crippen molar-refractivity contribution in [2.45, 2.75) is 6.54 Å². The smallest absolute Gasteiger partial charge is 0.0240 e. The molecule has 0 aliphatic carbocycles. The van der Waals surface area contributed by atoms with Crippen molar-refractivity contribution in [2.24, 2.45) is 5.73 Å². The molecule has 0 saturated carbocycles. The molecule has 0 radical (unpaired) electrons. The molecule has 0 unspecified atom stereocenters. The largest absolute Gasteiger partial charge is 0.329 e. The van der Waals surface area contributed by atoms with Gasteiger partial charge in [-0.1, -0.05) is 42.5 Å². The number of piperazine rings is 1. The highest BCUT2D eigenvalue weighted by molar-refractivity contribution is 5.85. The van der Waals surface area contributed by atoms with E-state index in [1.165, 1.54) is 16.3 Å². The molecule has 1 heterocycles. The second-order valence-corrected chi connectivity index (χ2v) is 5.54. The van der Waals surface area contributed by atoms with Crippen LogP contribution in [0.15, 0.2) is 42.5 Å². The highest BCUT2D eigenvalue weighted by atomic mass is 15.3. The summed E-state index contributed by atoms with van der Waals surface area (Å²) in [6, 6.07) is 15.3. The van der Waals surface area contributed by atoms with Gasteiger partial charge in [0.2, 0.25) is 0 Å². The highest BCUT2D eigenvalue weighted by Gasteiger charge is 2.16. The number of rotatable bonds is 4. The van der Waals surface area contributed by atoms with Gasteiger partial charge in [-0.05, 0) is 16.3 Å². The average Bonchev–Trinajstić information content (AvgIpc) is 2.50. The van der Waals surface area contributed by atoms with Gasteiger partial charge >= 0.3 is 0 Å². The van der Waals surface area contributed by atoms with E-state index >= 15 is 0 Å². The van der Waals surface area contributed by atoms with E-state index in [-0.39, 0.29) is 0 Å². The Kier molecular flexibility index (Phi) is 4.31. The first-order valence-electron chi connectivity index (χ1n) is 7.48. The molecular formula is C17H23N3. The SMILES string of the molecule is NCCN1CCN(Cc2cccc3ccccc23)CC1. The predicted octanol–water partition coefficient (Wildman–Crippen LogP) is 1.92. The number of hydrogen-bond acceptors (Lipinski definition) is 3. The van der Waals surface area contributed by atoms with Crippen molar-refractivity contribution in [1.82, 2.24) is 9.80 Å². The highest BCUT2D eigenvalue weighted by Crippen LogP contribution is 2.20. The van der Waals surface area contributed by atoms with E-state index in [1.54, 1.807) is 0 Å². The van der Waals surface area contributed by atoms with Gasteiger partial charge in [0.05, 0.1) is 0 Å². The average molecular weight is 269 g/mol. The van der Waals surface area contributed by atoms with E-state index in [0.717, 1.165) is 45.8 Å². The van der Waals surface area contributed by atoms with Crippen LogP contribution in [-0.2, 0) is 6.54 Å². The molecule has 0 atom stereocenters. The normalized spacial score (nSPS) is 17.6. The van der Waals surface area contributed by atoms with Crippen LogP contribution in [0.25, 0.3) is 10.8 Å². The molecule has 0 spiro atoms. The van der Waals surface area contributed by atoms with Gasteiger partial charge in [-0.3, -0.25) is 9.80 Å². The van der Waals surface area contributed by atoms with Crippen molar-refractivity contribution in [2.75, 3.05) is 39.3 Å². The summed E-state index contributed by atoms with van der Waals surface area (Å²) in [7, 11) is 0. The fourth-order valence-corrected chi connectivity index (χ4v) is 3.02. The monoisotopic (exact) mass is 269 g/mol. The zero-order chi connectivity index (χ0) is 13.8. The summed E-state index contributed by atoms with van der Waals surface area (Å²) < 4.78 is 0. The van der Waals surface area contributed by atoms with Gasteiger partial charge in [0.25, 0.3) is 0 Å². The molecule has 1 saturated heterocycles. The Morgan fingerprint density at radius 2 is 1.55 bits per heavy atom. The van der Waals surface area contributed by atoms with Crippen LogP contribution in [0.2, 0.25) is 0 Å². The first-order chi connectivity index (χ1) is 9.86. The molecule has 106 valence electrons. The third kappa shape index (κ3) is 3.01. The van der Waals surface area contributed by atoms with Crippen molar-refractivity contribution >= 4 is 10.8 Å². The van der Waals surface area contributed by atoms with Crippen LogP contribution >= 0.6 is 0 Å². The van der Waals surface area contributed by atoms with Gasteiger partial charge in [-0.25, -0.2) is 0 Å². The van der Waals surface area contributed by atoms with E-state index in [4.69, 9.17) is 5.73 Å².